The van der Waals surface area contributed by atoms with Crippen LogP contribution >= 0.6 is 11.3 Å². The first-order chi connectivity index (χ1) is 6.77. The molecule has 1 aromatic rings. The van der Waals surface area contributed by atoms with Crippen LogP contribution in [0.3, 0.4) is 0 Å². The Kier molecular flexibility index (Phi) is 3.13. The van der Waals surface area contributed by atoms with E-state index in [1.54, 1.807) is 6.92 Å². The number of nitriles is 1. The fraction of sp³-hybridized carbons (Fsp3) is 0.500. The number of hydrogen-bond acceptors (Lipinski definition) is 5. The zero-order chi connectivity index (χ0) is 11.7. The van der Waals surface area contributed by atoms with E-state index in [1.165, 1.54) is 20.0 Å². The quantitative estimate of drug-likeness (QED) is 0.862. The first-order valence-electron chi connectivity index (χ1n) is 4.14. The number of thiazole rings is 1. The molecule has 0 bridgehead atoms. The summed E-state index contributed by atoms with van der Waals surface area (Å²) in [7, 11) is -3.63. The van der Waals surface area contributed by atoms with Crippen LogP contribution in [0.25, 0.3) is 0 Å². The van der Waals surface area contributed by atoms with Crippen LogP contribution in [-0.2, 0) is 10.0 Å². The van der Waals surface area contributed by atoms with Gasteiger partial charge in [0.2, 0.25) is 0 Å². The summed E-state index contributed by atoms with van der Waals surface area (Å²) < 4.78 is 25.9. The van der Waals surface area contributed by atoms with Crippen molar-refractivity contribution < 1.29 is 8.42 Å². The summed E-state index contributed by atoms with van der Waals surface area (Å²) in [6.45, 7) is 4.72. The molecule has 5 nitrogen and oxygen atoms in total. The van der Waals surface area contributed by atoms with Crippen LogP contribution in [0.1, 0.15) is 18.9 Å². The molecule has 7 heteroatoms. The highest BCUT2D eigenvalue weighted by Gasteiger charge is 2.27. The van der Waals surface area contributed by atoms with Gasteiger partial charge >= 0.3 is 0 Å². The Hall–Kier alpha value is -0.970. The van der Waals surface area contributed by atoms with Crippen molar-refractivity contribution in [2.75, 3.05) is 0 Å². The predicted octanol–water partition coefficient (Wildman–Crippen LogP) is 1.03. The Labute approximate surface area is 92.8 Å². The first kappa shape index (κ1) is 12.1. The maximum atomic E-state index is 11.7. The molecule has 0 saturated heterocycles. The van der Waals surface area contributed by atoms with Crippen molar-refractivity contribution >= 4 is 21.4 Å². The van der Waals surface area contributed by atoms with Gasteiger partial charge in [-0.15, -0.1) is 11.3 Å². The van der Waals surface area contributed by atoms with Crippen LogP contribution in [0, 0.1) is 18.3 Å². The summed E-state index contributed by atoms with van der Waals surface area (Å²) in [6.07, 6.45) is 1.29. The molecule has 0 unspecified atom stereocenters. The molecule has 0 spiro atoms. The van der Waals surface area contributed by atoms with Crippen molar-refractivity contribution in [3.8, 4) is 6.07 Å². The highest BCUT2D eigenvalue weighted by Crippen LogP contribution is 2.19. The lowest BCUT2D eigenvalue weighted by atomic mass is 10.1. The monoisotopic (exact) mass is 245 g/mol. The zero-order valence-corrected chi connectivity index (χ0v) is 10.2. The van der Waals surface area contributed by atoms with Crippen molar-refractivity contribution in [2.45, 2.75) is 30.5 Å². The summed E-state index contributed by atoms with van der Waals surface area (Å²) >= 11 is 1.07. The predicted molar refractivity (Wildman–Crippen MR) is 56.9 cm³/mol. The molecule has 0 aliphatic carbocycles. The highest BCUT2D eigenvalue weighted by molar-refractivity contribution is 7.91. The summed E-state index contributed by atoms with van der Waals surface area (Å²) in [5.74, 6) is 0. The van der Waals surface area contributed by atoms with E-state index in [4.69, 9.17) is 5.26 Å². The van der Waals surface area contributed by atoms with Crippen molar-refractivity contribution in [2.24, 2.45) is 0 Å². The van der Waals surface area contributed by atoms with E-state index < -0.39 is 15.6 Å². The average Bonchev–Trinajstić information content (AvgIpc) is 2.51. The Balaban J connectivity index is 3.01. The molecule has 0 amide bonds. The third-order valence-electron chi connectivity index (χ3n) is 1.53. The van der Waals surface area contributed by atoms with Crippen molar-refractivity contribution in [1.29, 1.82) is 5.26 Å². The van der Waals surface area contributed by atoms with E-state index in [0.29, 0.717) is 5.01 Å². The van der Waals surface area contributed by atoms with Gasteiger partial charge in [-0.2, -0.15) is 9.98 Å². The molecule has 0 saturated carbocycles. The molecule has 0 aliphatic rings. The molecule has 15 heavy (non-hydrogen) atoms. The Bertz CT molecular complexity index is 496. The maximum absolute atomic E-state index is 11.7. The third-order valence-corrected chi connectivity index (χ3v) is 4.56. The van der Waals surface area contributed by atoms with E-state index in [0.717, 1.165) is 11.3 Å². The molecule has 0 fully saturated rings. The summed E-state index contributed by atoms with van der Waals surface area (Å²) in [5.41, 5.74) is -1.11. The van der Waals surface area contributed by atoms with Gasteiger partial charge < -0.3 is 0 Å². The van der Waals surface area contributed by atoms with Gasteiger partial charge in [-0.25, -0.2) is 13.4 Å². The molecule has 1 aromatic heterocycles. The first-order valence-corrected chi connectivity index (χ1v) is 6.44. The summed E-state index contributed by atoms with van der Waals surface area (Å²) in [5, 5.41) is 9.39. The smallest absolute Gasteiger partial charge is 0.249 e. The molecule has 0 aromatic carbocycles. The molecule has 1 N–H and O–H groups in total. The number of aryl methyl sites for hydroxylation is 1. The van der Waals surface area contributed by atoms with E-state index >= 15 is 0 Å². The van der Waals surface area contributed by atoms with Crippen molar-refractivity contribution in [3.05, 3.63) is 11.2 Å². The van der Waals surface area contributed by atoms with Gasteiger partial charge in [0.05, 0.1) is 17.3 Å². The second kappa shape index (κ2) is 3.89. The number of nitrogens with one attached hydrogen (secondary N) is 1. The minimum absolute atomic E-state index is 0.128. The number of sulfonamides is 1. The zero-order valence-electron chi connectivity index (χ0n) is 8.60. The lowest BCUT2D eigenvalue weighted by Crippen LogP contribution is -2.41. The van der Waals surface area contributed by atoms with E-state index in [2.05, 4.69) is 9.71 Å². The van der Waals surface area contributed by atoms with Crippen LogP contribution in [0.15, 0.2) is 10.4 Å². The largest absolute Gasteiger partial charge is 0.253 e. The van der Waals surface area contributed by atoms with Crippen LogP contribution in [-0.4, -0.2) is 18.9 Å². The SMILES string of the molecule is Cc1ncc(S(=O)(=O)NC(C)(C)C#N)s1. The fourth-order valence-corrected chi connectivity index (χ4v) is 3.31. The standard InChI is InChI=1S/C8H11N3O2S2/c1-6-10-4-7(14-6)15(12,13)11-8(2,3)5-9/h4,11H,1-3H3. The van der Waals surface area contributed by atoms with Gasteiger partial charge in [0.1, 0.15) is 5.54 Å². The minimum atomic E-state index is -3.63. The van der Waals surface area contributed by atoms with Crippen molar-refractivity contribution in [1.82, 2.24) is 9.71 Å². The molecule has 1 heterocycles. The van der Waals surface area contributed by atoms with E-state index in [9.17, 15) is 8.42 Å². The second-order valence-corrected chi connectivity index (χ2v) is 6.68. The van der Waals surface area contributed by atoms with Gasteiger partial charge in [0, 0.05) is 0 Å². The third kappa shape index (κ3) is 2.99. The minimum Gasteiger partial charge on any atom is -0.249 e. The van der Waals surface area contributed by atoms with Crippen LogP contribution in [0.5, 0.6) is 0 Å². The molecular weight excluding hydrogens is 234 g/mol. The number of rotatable bonds is 3. The van der Waals surface area contributed by atoms with E-state index in [1.807, 2.05) is 6.07 Å². The normalized spacial score (nSPS) is 12.4. The molecule has 0 radical (unpaired) electrons. The number of nitrogens with zero attached hydrogens (tertiary/aromatic N) is 2. The topological polar surface area (TPSA) is 82.8 Å². The number of aromatic nitrogens is 1. The molecule has 0 atom stereocenters. The lowest BCUT2D eigenvalue weighted by Gasteiger charge is -2.16. The molecule has 1 rings (SSSR count). The second-order valence-electron chi connectivity index (χ2n) is 3.54. The highest BCUT2D eigenvalue weighted by atomic mass is 32.2. The average molecular weight is 245 g/mol. The molecule has 82 valence electrons. The van der Waals surface area contributed by atoms with Crippen LogP contribution in [0.2, 0.25) is 0 Å². The van der Waals surface area contributed by atoms with Gasteiger partial charge in [0.15, 0.2) is 4.21 Å². The fourth-order valence-electron chi connectivity index (χ4n) is 0.875. The summed E-state index contributed by atoms with van der Waals surface area (Å²) in [4.78, 5) is 3.86. The van der Waals surface area contributed by atoms with Crippen molar-refractivity contribution in [3.63, 3.8) is 0 Å². The van der Waals surface area contributed by atoms with Gasteiger partial charge in [0.25, 0.3) is 10.0 Å². The van der Waals surface area contributed by atoms with Crippen LogP contribution in [0.4, 0.5) is 0 Å². The lowest BCUT2D eigenvalue weighted by molar-refractivity contribution is 0.537. The van der Waals surface area contributed by atoms with Gasteiger partial charge in [-0.1, -0.05) is 0 Å². The Morgan fingerprint density at radius 3 is 2.60 bits per heavy atom. The van der Waals surface area contributed by atoms with Crippen LogP contribution < -0.4 is 4.72 Å². The number of hydrogen-bond donors (Lipinski definition) is 1. The van der Waals surface area contributed by atoms with Gasteiger partial charge in [-0.3, -0.25) is 0 Å². The maximum Gasteiger partial charge on any atom is 0.253 e. The van der Waals surface area contributed by atoms with Gasteiger partial charge in [-0.05, 0) is 20.8 Å². The van der Waals surface area contributed by atoms with E-state index in [-0.39, 0.29) is 4.21 Å². The summed E-state index contributed by atoms with van der Waals surface area (Å²) in [6, 6.07) is 1.87. The molecule has 0 aliphatic heterocycles. The Morgan fingerprint density at radius 2 is 2.20 bits per heavy atom. The molecular formula is C8H11N3O2S2. The Morgan fingerprint density at radius 1 is 1.60 bits per heavy atom.